The molecule has 0 saturated heterocycles. The van der Waals surface area contributed by atoms with E-state index in [1.165, 1.54) is 11.7 Å². The molecule has 1 N–H and O–H groups in total. The van der Waals surface area contributed by atoms with Crippen molar-refractivity contribution in [3.8, 4) is 11.5 Å². The third kappa shape index (κ3) is 6.46. The van der Waals surface area contributed by atoms with E-state index < -0.39 is 23.3 Å². The summed E-state index contributed by atoms with van der Waals surface area (Å²) < 4.78 is 12.9. The zero-order valence-electron chi connectivity index (χ0n) is 21.1. The van der Waals surface area contributed by atoms with Crippen LogP contribution >= 0.6 is 11.6 Å². The van der Waals surface area contributed by atoms with E-state index in [9.17, 15) is 14.4 Å². The summed E-state index contributed by atoms with van der Waals surface area (Å²) >= 11 is 6.01. The highest BCUT2D eigenvalue weighted by molar-refractivity contribution is 6.30. The standard InChI is InChI=1S/C27H26ClN5O5/c1-17(24(34)37-3)15-33-26(35)31-25(32(27(33)36)16-19-4-6-20(28)7-5-19)30-21-8-10-22(11-9-21)38-23-12-13-29-18(2)14-23/h4-14,17H,15-16H2,1-3H3,(H,30,31,35)/t17-/m0/s1. The molecule has 0 fully saturated rings. The molecule has 2 heterocycles. The van der Waals surface area contributed by atoms with Gasteiger partial charge in [0.25, 0.3) is 0 Å². The van der Waals surface area contributed by atoms with Crippen LogP contribution in [0.2, 0.25) is 5.02 Å². The second kappa shape index (κ2) is 11.7. The van der Waals surface area contributed by atoms with Crippen LogP contribution < -0.4 is 21.7 Å². The molecule has 2 aromatic carbocycles. The second-order valence-electron chi connectivity index (χ2n) is 8.62. The first-order valence-corrected chi connectivity index (χ1v) is 12.1. The average Bonchev–Trinajstić information content (AvgIpc) is 2.90. The van der Waals surface area contributed by atoms with Gasteiger partial charge >= 0.3 is 17.3 Å². The van der Waals surface area contributed by atoms with Crippen LogP contribution in [-0.4, -0.2) is 32.2 Å². The van der Waals surface area contributed by atoms with Gasteiger partial charge in [-0.15, -0.1) is 0 Å². The number of H-pyrrole nitrogens is 1. The largest absolute Gasteiger partial charge is 0.469 e. The van der Waals surface area contributed by atoms with Gasteiger partial charge in [-0.2, -0.15) is 0 Å². The summed E-state index contributed by atoms with van der Waals surface area (Å²) in [7, 11) is 1.25. The zero-order valence-corrected chi connectivity index (χ0v) is 21.8. The number of rotatable bonds is 8. The number of halogens is 1. The van der Waals surface area contributed by atoms with Crippen LogP contribution in [0.3, 0.4) is 0 Å². The number of pyridine rings is 1. The van der Waals surface area contributed by atoms with Gasteiger partial charge < -0.3 is 9.47 Å². The Morgan fingerprint density at radius 3 is 2.42 bits per heavy atom. The number of benzene rings is 2. The van der Waals surface area contributed by atoms with Crippen LogP contribution in [0, 0.1) is 12.8 Å². The number of aromatic nitrogens is 4. The summed E-state index contributed by atoms with van der Waals surface area (Å²) in [6.07, 6.45) is 1.66. The molecule has 4 rings (SSSR count). The number of carbonyl (C=O) groups is 1. The summed E-state index contributed by atoms with van der Waals surface area (Å²) in [5.74, 6) is 0.00210. The number of ether oxygens (including phenoxy) is 2. The number of hydrogen-bond acceptors (Lipinski definition) is 7. The topological polar surface area (TPSA) is 121 Å². The van der Waals surface area contributed by atoms with Crippen molar-refractivity contribution in [1.29, 1.82) is 0 Å². The molecule has 10 nitrogen and oxygen atoms in total. The van der Waals surface area contributed by atoms with Gasteiger partial charge in [0.2, 0.25) is 5.62 Å². The number of carbonyl (C=O) groups excluding carboxylic acids is 1. The predicted molar refractivity (Wildman–Crippen MR) is 142 cm³/mol. The smallest absolute Gasteiger partial charge is 0.335 e. The lowest BCUT2D eigenvalue weighted by Crippen LogP contribution is -2.51. The molecule has 0 saturated carbocycles. The number of nitrogens with zero attached hydrogens (tertiary/aromatic N) is 4. The Labute approximate surface area is 222 Å². The van der Waals surface area contributed by atoms with Gasteiger partial charge in [0.1, 0.15) is 11.5 Å². The quantitative estimate of drug-likeness (QED) is 0.344. The second-order valence-corrected chi connectivity index (χ2v) is 9.06. The number of aromatic amines is 1. The third-order valence-electron chi connectivity index (χ3n) is 5.67. The molecular weight excluding hydrogens is 510 g/mol. The predicted octanol–water partition coefficient (Wildman–Crippen LogP) is 3.58. The lowest BCUT2D eigenvalue weighted by Gasteiger charge is -2.14. The van der Waals surface area contributed by atoms with Crippen molar-refractivity contribution in [1.82, 2.24) is 19.1 Å². The van der Waals surface area contributed by atoms with Crippen molar-refractivity contribution in [2.75, 3.05) is 7.11 Å². The van der Waals surface area contributed by atoms with Crippen LogP contribution in [0.25, 0.3) is 0 Å². The molecule has 4 aromatic rings. The highest BCUT2D eigenvalue weighted by Crippen LogP contribution is 2.23. The van der Waals surface area contributed by atoms with Gasteiger partial charge in [-0.25, -0.2) is 19.1 Å². The fourth-order valence-electron chi connectivity index (χ4n) is 3.70. The first-order chi connectivity index (χ1) is 18.2. The summed E-state index contributed by atoms with van der Waals surface area (Å²) in [4.78, 5) is 49.6. The van der Waals surface area contributed by atoms with Crippen molar-refractivity contribution < 1.29 is 14.3 Å². The van der Waals surface area contributed by atoms with Crippen molar-refractivity contribution in [2.45, 2.75) is 26.9 Å². The molecular formula is C27H26ClN5O5. The Bertz CT molecular complexity index is 1620. The minimum atomic E-state index is -0.706. The van der Waals surface area contributed by atoms with Crippen LogP contribution in [0.4, 0.5) is 5.69 Å². The molecule has 0 unspecified atom stereocenters. The van der Waals surface area contributed by atoms with Gasteiger partial charge in [-0.05, 0) is 55.0 Å². The molecule has 0 aliphatic carbocycles. The van der Waals surface area contributed by atoms with E-state index in [0.29, 0.717) is 22.2 Å². The number of hydrogen-bond donors (Lipinski definition) is 1. The highest BCUT2D eigenvalue weighted by Gasteiger charge is 2.18. The van der Waals surface area contributed by atoms with E-state index in [0.717, 1.165) is 15.8 Å². The summed E-state index contributed by atoms with van der Waals surface area (Å²) in [6.45, 7) is 3.42. The normalized spacial score (nSPS) is 12.3. The zero-order chi connectivity index (χ0) is 27.2. The number of aryl methyl sites for hydroxylation is 1. The van der Waals surface area contributed by atoms with Crippen LogP contribution in [0.1, 0.15) is 18.2 Å². The number of esters is 1. The van der Waals surface area contributed by atoms with E-state index in [4.69, 9.17) is 21.1 Å². The molecule has 0 radical (unpaired) electrons. The summed E-state index contributed by atoms with van der Waals surface area (Å²) in [5, 5.41) is 0.554. The molecule has 0 aliphatic heterocycles. The summed E-state index contributed by atoms with van der Waals surface area (Å²) in [5.41, 5.74) is 0.832. The van der Waals surface area contributed by atoms with Crippen LogP contribution in [0.5, 0.6) is 11.5 Å². The Morgan fingerprint density at radius 2 is 1.76 bits per heavy atom. The fourth-order valence-corrected chi connectivity index (χ4v) is 3.82. The lowest BCUT2D eigenvalue weighted by atomic mass is 10.2. The molecule has 196 valence electrons. The van der Waals surface area contributed by atoms with Crippen molar-refractivity contribution in [2.24, 2.45) is 10.9 Å². The lowest BCUT2D eigenvalue weighted by molar-refractivity contribution is -0.145. The van der Waals surface area contributed by atoms with Crippen molar-refractivity contribution >= 4 is 23.3 Å². The van der Waals surface area contributed by atoms with Gasteiger partial charge in [-0.3, -0.25) is 19.3 Å². The maximum absolute atomic E-state index is 13.4. The Morgan fingerprint density at radius 1 is 1.05 bits per heavy atom. The van der Waals surface area contributed by atoms with Gasteiger partial charge in [-0.1, -0.05) is 30.7 Å². The summed E-state index contributed by atoms with van der Waals surface area (Å²) in [6, 6.07) is 17.4. The molecule has 38 heavy (non-hydrogen) atoms. The first kappa shape index (κ1) is 26.6. The minimum absolute atomic E-state index is 0.0512. The fraction of sp³-hybridized carbons (Fsp3) is 0.222. The molecule has 0 amide bonds. The highest BCUT2D eigenvalue weighted by atomic mass is 35.5. The maximum Gasteiger partial charge on any atom is 0.335 e. The molecule has 0 spiro atoms. The molecule has 11 heteroatoms. The van der Waals surface area contributed by atoms with E-state index in [2.05, 4.69) is 15.0 Å². The van der Waals surface area contributed by atoms with E-state index in [1.807, 2.05) is 13.0 Å². The van der Waals surface area contributed by atoms with Gasteiger partial charge in [0, 0.05) is 29.5 Å². The molecule has 0 aliphatic rings. The average molecular weight is 536 g/mol. The Balaban J connectivity index is 1.73. The molecule has 1 atom stereocenters. The molecule has 2 aromatic heterocycles. The van der Waals surface area contributed by atoms with Crippen LogP contribution in [0.15, 0.2) is 81.4 Å². The third-order valence-corrected chi connectivity index (χ3v) is 5.92. The van der Waals surface area contributed by atoms with E-state index >= 15 is 0 Å². The van der Waals surface area contributed by atoms with Gasteiger partial charge in [0.15, 0.2) is 0 Å². The minimum Gasteiger partial charge on any atom is -0.469 e. The number of nitrogens with one attached hydrogen (secondary N) is 1. The first-order valence-electron chi connectivity index (χ1n) is 11.7. The van der Waals surface area contributed by atoms with Crippen molar-refractivity contribution in [3.63, 3.8) is 0 Å². The van der Waals surface area contributed by atoms with Gasteiger partial charge in [0.05, 0.1) is 25.3 Å². The van der Waals surface area contributed by atoms with Crippen LogP contribution in [-0.2, 0) is 22.6 Å². The SMILES string of the molecule is COC(=O)[C@@H](C)Cn1c(=O)[nH]/c(=N\c2ccc(Oc3ccnc(C)c3)cc2)n(Cc2ccc(Cl)cc2)c1=O. The maximum atomic E-state index is 13.4. The Hall–Kier alpha value is -4.44. The van der Waals surface area contributed by atoms with Crippen molar-refractivity contribution in [3.05, 3.63) is 110 Å². The molecule has 0 bridgehead atoms. The number of methoxy groups -OCH3 is 1. The van der Waals surface area contributed by atoms with E-state index in [1.54, 1.807) is 67.7 Å². The monoisotopic (exact) mass is 535 g/mol. The van der Waals surface area contributed by atoms with E-state index in [-0.39, 0.29) is 18.7 Å². The Kier molecular flexibility index (Phi) is 8.22.